The molecule has 0 spiro atoms. The van der Waals surface area contributed by atoms with Gasteiger partial charge in [-0.2, -0.15) is 0 Å². The van der Waals surface area contributed by atoms with Gasteiger partial charge in [-0.05, 0) is 26.7 Å². The standard InChI is InChI=1S/C13H23NO5/c1-12(2,19-4)10(15)14-7-5-6-13(8-14,9-18-3)11(16)17/h5-9H2,1-4H3,(H,16,17). The third-order valence-corrected chi connectivity index (χ3v) is 3.76. The molecule has 6 nitrogen and oxygen atoms in total. The zero-order valence-electron chi connectivity index (χ0n) is 12.1. The molecule has 1 heterocycles. The molecule has 1 aliphatic heterocycles. The van der Waals surface area contributed by atoms with Crippen LogP contribution in [0.4, 0.5) is 0 Å². The number of likely N-dealkylation sites (tertiary alicyclic amines) is 1. The van der Waals surface area contributed by atoms with E-state index in [1.165, 1.54) is 14.2 Å². The minimum atomic E-state index is -1.01. The van der Waals surface area contributed by atoms with E-state index in [4.69, 9.17) is 9.47 Å². The molecule has 19 heavy (non-hydrogen) atoms. The second-order valence-corrected chi connectivity index (χ2v) is 5.56. The first kappa shape index (κ1) is 15.9. The molecule has 1 N–H and O–H groups in total. The summed E-state index contributed by atoms with van der Waals surface area (Å²) in [6.45, 7) is 4.21. The quantitative estimate of drug-likeness (QED) is 0.800. The van der Waals surface area contributed by atoms with Crippen LogP contribution in [-0.2, 0) is 19.1 Å². The zero-order chi connectivity index (χ0) is 14.7. The van der Waals surface area contributed by atoms with Gasteiger partial charge in [-0.25, -0.2) is 0 Å². The fourth-order valence-corrected chi connectivity index (χ4v) is 2.40. The summed E-state index contributed by atoms with van der Waals surface area (Å²) in [5, 5.41) is 9.43. The highest BCUT2D eigenvalue weighted by Gasteiger charge is 2.46. The van der Waals surface area contributed by atoms with Gasteiger partial charge < -0.3 is 19.5 Å². The van der Waals surface area contributed by atoms with Gasteiger partial charge in [-0.3, -0.25) is 9.59 Å². The van der Waals surface area contributed by atoms with Crippen molar-refractivity contribution in [3.8, 4) is 0 Å². The number of piperidine rings is 1. The maximum absolute atomic E-state index is 12.3. The van der Waals surface area contributed by atoms with Crippen molar-refractivity contribution < 1.29 is 24.2 Å². The molecule has 0 aromatic carbocycles. The van der Waals surface area contributed by atoms with Gasteiger partial charge in [-0.1, -0.05) is 0 Å². The van der Waals surface area contributed by atoms with Crippen LogP contribution in [0.5, 0.6) is 0 Å². The largest absolute Gasteiger partial charge is 0.481 e. The molecule has 0 radical (unpaired) electrons. The number of methoxy groups -OCH3 is 2. The van der Waals surface area contributed by atoms with Crippen molar-refractivity contribution in [3.63, 3.8) is 0 Å². The zero-order valence-corrected chi connectivity index (χ0v) is 12.1. The lowest BCUT2D eigenvalue weighted by Gasteiger charge is -2.41. The highest BCUT2D eigenvalue weighted by molar-refractivity contribution is 5.85. The minimum Gasteiger partial charge on any atom is -0.481 e. The first-order valence-electron chi connectivity index (χ1n) is 6.36. The molecule has 1 rings (SSSR count). The number of nitrogens with zero attached hydrogens (tertiary/aromatic N) is 1. The molecule has 1 aliphatic rings. The predicted octanol–water partition coefficient (Wildman–Crippen LogP) is 0.751. The second kappa shape index (κ2) is 5.88. The Kier molecular flexibility index (Phi) is 4.92. The molecule has 110 valence electrons. The van der Waals surface area contributed by atoms with Crippen LogP contribution in [0.2, 0.25) is 0 Å². The molecule has 1 amide bonds. The molecule has 0 aromatic rings. The molecule has 1 unspecified atom stereocenters. The number of hydrogen-bond acceptors (Lipinski definition) is 4. The third kappa shape index (κ3) is 3.25. The number of carboxylic acids is 1. The average molecular weight is 273 g/mol. The Bertz CT molecular complexity index is 351. The third-order valence-electron chi connectivity index (χ3n) is 3.76. The van der Waals surface area contributed by atoms with Crippen LogP contribution in [-0.4, -0.2) is 61.4 Å². The van der Waals surface area contributed by atoms with Gasteiger partial charge in [0.1, 0.15) is 11.0 Å². The maximum Gasteiger partial charge on any atom is 0.313 e. The van der Waals surface area contributed by atoms with Gasteiger partial charge >= 0.3 is 5.97 Å². The Hall–Kier alpha value is -1.14. The molecule has 0 aliphatic carbocycles. The molecule has 1 fully saturated rings. The summed E-state index contributed by atoms with van der Waals surface area (Å²) in [6, 6.07) is 0. The van der Waals surface area contributed by atoms with Crippen LogP contribution in [0.1, 0.15) is 26.7 Å². The lowest BCUT2D eigenvalue weighted by Crippen LogP contribution is -2.56. The predicted molar refractivity (Wildman–Crippen MR) is 68.8 cm³/mol. The topological polar surface area (TPSA) is 76.1 Å². The van der Waals surface area contributed by atoms with Crippen molar-refractivity contribution in [1.29, 1.82) is 0 Å². The van der Waals surface area contributed by atoms with Crippen molar-refractivity contribution >= 4 is 11.9 Å². The summed E-state index contributed by atoms with van der Waals surface area (Å²) in [6.07, 6.45) is 1.18. The van der Waals surface area contributed by atoms with E-state index in [9.17, 15) is 14.7 Å². The summed E-state index contributed by atoms with van der Waals surface area (Å²) >= 11 is 0. The highest BCUT2D eigenvalue weighted by atomic mass is 16.5. The average Bonchev–Trinajstić information content (AvgIpc) is 2.38. The Balaban J connectivity index is 2.89. The molecule has 1 atom stereocenters. The van der Waals surface area contributed by atoms with E-state index in [2.05, 4.69) is 0 Å². The van der Waals surface area contributed by atoms with Crippen molar-refractivity contribution in [3.05, 3.63) is 0 Å². The van der Waals surface area contributed by atoms with Crippen molar-refractivity contribution in [2.75, 3.05) is 33.9 Å². The van der Waals surface area contributed by atoms with Gasteiger partial charge in [-0.15, -0.1) is 0 Å². The number of ether oxygens (including phenoxy) is 2. The van der Waals surface area contributed by atoms with Crippen LogP contribution in [0.15, 0.2) is 0 Å². The fourth-order valence-electron chi connectivity index (χ4n) is 2.40. The first-order valence-corrected chi connectivity index (χ1v) is 6.36. The molecular weight excluding hydrogens is 250 g/mol. The Morgan fingerprint density at radius 3 is 2.47 bits per heavy atom. The van der Waals surface area contributed by atoms with E-state index in [-0.39, 0.29) is 19.1 Å². The molecular formula is C13H23NO5. The van der Waals surface area contributed by atoms with E-state index in [1.54, 1.807) is 18.7 Å². The first-order chi connectivity index (χ1) is 8.79. The normalized spacial score (nSPS) is 24.3. The van der Waals surface area contributed by atoms with Crippen molar-refractivity contribution in [1.82, 2.24) is 4.90 Å². The maximum atomic E-state index is 12.3. The summed E-state index contributed by atoms with van der Waals surface area (Å²) in [4.78, 5) is 25.4. The minimum absolute atomic E-state index is 0.111. The van der Waals surface area contributed by atoms with E-state index in [0.29, 0.717) is 19.4 Å². The van der Waals surface area contributed by atoms with Crippen LogP contribution >= 0.6 is 0 Å². The Morgan fingerprint density at radius 1 is 1.37 bits per heavy atom. The lowest BCUT2D eigenvalue weighted by atomic mass is 9.80. The van der Waals surface area contributed by atoms with Gasteiger partial charge in [0, 0.05) is 27.3 Å². The molecule has 1 saturated heterocycles. The van der Waals surface area contributed by atoms with Crippen molar-refractivity contribution in [2.45, 2.75) is 32.3 Å². The van der Waals surface area contributed by atoms with E-state index in [1.807, 2.05) is 0 Å². The smallest absolute Gasteiger partial charge is 0.313 e. The molecule has 0 saturated carbocycles. The number of carbonyl (C=O) groups is 2. The van der Waals surface area contributed by atoms with Gasteiger partial charge in [0.15, 0.2) is 0 Å². The van der Waals surface area contributed by atoms with E-state index in [0.717, 1.165) is 0 Å². The fraction of sp³-hybridized carbons (Fsp3) is 0.846. The lowest BCUT2D eigenvalue weighted by molar-refractivity contribution is -0.165. The monoisotopic (exact) mass is 273 g/mol. The van der Waals surface area contributed by atoms with E-state index < -0.39 is 17.0 Å². The van der Waals surface area contributed by atoms with E-state index >= 15 is 0 Å². The summed E-state index contributed by atoms with van der Waals surface area (Å²) in [7, 11) is 2.95. The van der Waals surface area contributed by atoms with Gasteiger partial charge in [0.25, 0.3) is 5.91 Å². The van der Waals surface area contributed by atoms with Crippen LogP contribution in [0.25, 0.3) is 0 Å². The number of hydrogen-bond donors (Lipinski definition) is 1. The number of carboxylic acid groups (broad SMARTS) is 1. The van der Waals surface area contributed by atoms with Gasteiger partial charge in [0.2, 0.25) is 0 Å². The second-order valence-electron chi connectivity index (χ2n) is 5.56. The van der Waals surface area contributed by atoms with Crippen LogP contribution in [0.3, 0.4) is 0 Å². The number of amides is 1. The van der Waals surface area contributed by atoms with Crippen LogP contribution < -0.4 is 0 Å². The molecule has 6 heteroatoms. The number of rotatable bonds is 5. The van der Waals surface area contributed by atoms with Crippen LogP contribution in [0, 0.1) is 5.41 Å². The van der Waals surface area contributed by atoms with Crippen molar-refractivity contribution in [2.24, 2.45) is 5.41 Å². The summed E-state index contributed by atoms with van der Waals surface area (Å²) < 4.78 is 10.2. The Labute approximate surface area is 113 Å². The Morgan fingerprint density at radius 2 is 2.00 bits per heavy atom. The summed E-state index contributed by atoms with van der Waals surface area (Å²) in [5.41, 5.74) is -1.94. The summed E-state index contributed by atoms with van der Waals surface area (Å²) in [5.74, 6) is -1.10. The van der Waals surface area contributed by atoms with Gasteiger partial charge in [0.05, 0.1) is 6.61 Å². The number of carbonyl (C=O) groups excluding carboxylic acids is 1. The SMILES string of the molecule is COCC1(C(=O)O)CCCN(C(=O)C(C)(C)OC)C1. The molecule has 0 aromatic heterocycles. The molecule has 0 bridgehead atoms. The highest BCUT2D eigenvalue weighted by Crippen LogP contribution is 2.32. The number of aliphatic carboxylic acids is 1.